The summed E-state index contributed by atoms with van der Waals surface area (Å²) in [4.78, 5) is 0. The number of hydrogen-bond acceptors (Lipinski definition) is 1. The van der Waals surface area contributed by atoms with Crippen LogP contribution in [-0.4, -0.2) is 6.61 Å². The molecule has 1 heteroatoms. The minimum atomic E-state index is 0.541. The zero-order chi connectivity index (χ0) is 14.1. The minimum absolute atomic E-state index is 0.541. The van der Waals surface area contributed by atoms with Gasteiger partial charge in [-0.3, -0.25) is 0 Å². The number of benzene rings is 1. The van der Waals surface area contributed by atoms with Crippen LogP contribution in [0.1, 0.15) is 32.8 Å². The van der Waals surface area contributed by atoms with Gasteiger partial charge in [-0.25, -0.2) is 0 Å². The van der Waals surface area contributed by atoms with Crippen LogP contribution < -0.4 is 4.74 Å². The van der Waals surface area contributed by atoms with Crippen LogP contribution in [0.3, 0.4) is 0 Å². The molecule has 0 bridgehead atoms. The fourth-order valence-electron chi connectivity index (χ4n) is 1.62. The average molecular weight is 256 g/mol. The van der Waals surface area contributed by atoms with Crippen molar-refractivity contribution in [3.63, 3.8) is 0 Å². The molecule has 0 unspecified atom stereocenters. The monoisotopic (exact) mass is 256 g/mol. The highest BCUT2D eigenvalue weighted by atomic mass is 16.5. The van der Waals surface area contributed by atoms with Gasteiger partial charge in [0.1, 0.15) is 5.75 Å². The number of hydrogen-bond donors (Lipinski definition) is 0. The fourth-order valence-corrected chi connectivity index (χ4v) is 1.62. The van der Waals surface area contributed by atoms with Crippen LogP contribution in [0.25, 0.3) is 6.08 Å². The molecule has 0 saturated carbocycles. The average Bonchev–Trinajstić information content (AvgIpc) is 2.41. The molecule has 0 fully saturated rings. The van der Waals surface area contributed by atoms with Crippen molar-refractivity contribution in [3.8, 4) is 5.75 Å². The van der Waals surface area contributed by atoms with Gasteiger partial charge >= 0.3 is 0 Å². The summed E-state index contributed by atoms with van der Waals surface area (Å²) in [6.07, 6.45) is 9.22. The Hall–Kier alpha value is -1.76. The van der Waals surface area contributed by atoms with Gasteiger partial charge in [0.2, 0.25) is 0 Å². The molecule has 0 radical (unpaired) electrons. The lowest BCUT2D eigenvalue weighted by atomic mass is 10.1. The molecule has 0 aliphatic rings. The van der Waals surface area contributed by atoms with Crippen molar-refractivity contribution in [2.45, 2.75) is 27.2 Å². The summed E-state index contributed by atoms with van der Waals surface area (Å²) in [6, 6.07) is 8.15. The first-order valence-corrected chi connectivity index (χ1v) is 6.89. The minimum Gasteiger partial charge on any atom is -0.493 e. The van der Waals surface area contributed by atoms with Crippen LogP contribution >= 0.6 is 0 Å². The van der Waals surface area contributed by atoms with Gasteiger partial charge in [0.15, 0.2) is 0 Å². The Bertz CT molecular complexity index is 453. The van der Waals surface area contributed by atoms with E-state index in [4.69, 9.17) is 4.74 Å². The molecule has 0 aromatic heterocycles. The Morgan fingerprint density at radius 2 is 2.16 bits per heavy atom. The second kappa shape index (κ2) is 8.36. The molecule has 0 N–H and O–H groups in total. The Morgan fingerprint density at radius 1 is 1.37 bits per heavy atom. The van der Waals surface area contributed by atoms with E-state index in [0.717, 1.165) is 29.9 Å². The molecule has 0 heterocycles. The van der Waals surface area contributed by atoms with Crippen molar-refractivity contribution < 1.29 is 4.74 Å². The lowest BCUT2D eigenvalue weighted by Crippen LogP contribution is -2.04. The summed E-state index contributed by atoms with van der Waals surface area (Å²) >= 11 is 0. The standard InChI is InChI=1S/C18H24O/c1-5-8-16(6-2)11-12-17-9-7-10-18(13-17)19-14-15(3)4/h6-13,15H,2,5,14H2,1,3-4H3/b12-11+,16-8+. The van der Waals surface area contributed by atoms with Crippen LogP contribution in [0.4, 0.5) is 0 Å². The lowest BCUT2D eigenvalue weighted by molar-refractivity contribution is 0.271. The predicted molar refractivity (Wildman–Crippen MR) is 84.4 cm³/mol. The van der Waals surface area contributed by atoms with Gasteiger partial charge in [0, 0.05) is 0 Å². The first-order chi connectivity index (χ1) is 9.15. The summed E-state index contributed by atoms with van der Waals surface area (Å²) in [5.74, 6) is 1.47. The molecule has 19 heavy (non-hydrogen) atoms. The summed E-state index contributed by atoms with van der Waals surface area (Å²) in [6.45, 7) is 11.0. The van der Waals surface area contributed by atoms with Gasteiger partial charge in [-0.2, -0.15) is 0 Å². The molecule has 1 nitrogen and oxygen atoms in total. The van der Waals surface area contributed by atoms with Crippen molar-refractivity contribution in [3.05, 3.63) is 60.2 Å². The maximum Gasteiger partial charge on any atom is 0.119 e. The molecule has 102 valence electrons. The van der Waals surface area contributed by atoms with Crippen LogP contribution in [0.2, 0.25) is 0 Å². The molecule has 0 atom stereocenters. The largest absolute Gasteiger partial charge is 0.493 e. The fraction of sp³-hybridized carbons (Fsp3) is 0.333. The van der Waals surface area contributed by atoms with E-state index in [1.807, 2.05) is 18.2 Å². The molecule has 1 rings (SSSR count). The van der Waals surface area contributed by atoms with Crippen molar-refractivity contribution >= 4 is 6.08 Å². The lowest BCUT2D eigenvalue weighted by Gasteiger charge is -2.08. The molecule has 0 spiro atoms. The highest BCUT2D eigenvalue weighted by Gasteiger charge is 1.97. The third-order valence-electron chi connectivity index (χ3n) is 2.59. The second-order valence-electron chi connectivity index (χ2n) is 4.93. The number of rotatable bonds is 7. The van der Waals surface area contributed by atoms with Crippen LogP contribution in [0, 0.1) is 5.92 Å². The SMILES string of the molecule is C=CC(/C=C/c1cccc(OCC(C)C)c1)=C\CC. The number of ether oxygens (including phenoxy) is 1. The van der Waals surface area contributed by atoms with Gasteiger partial charge in [-0.15, -0.1) is 0 Å². The topological polar surface area (TPSA) is 9.23 Å². The molecule has 1 aromatic rings. The second-order valence-corrected chi connectivity index (χ2v) is 4.93. The van der Waals surface area contributed by atoms with Gasteiger partial charge in [0.25, 0.3) is 0 Å². The maximum absolute atomic E-state index is 5.72. The van der Waals surface area contributed by atoms with Crippen LogP contribution in [0.5, 0.6) is 5.75 Å². The van der Waals surface area contributed by atoms with Crippen molar-refractivity contribution in [1.29, 1.82) is 0 Å². The smallest absolute Gasteiger partial charge is 0.119 e. The normalized spacial score (nSPS) is 12.1. The maximum atomic E-state index is 5.72. The molecular weight excluding hydrogens is 232 g/mol. The Kier molecular flexibility index (Phi) is 6.73. The quantitative estimate of drug-likeness (QED) is 0.605. The number of allylic oxidation sites excluding steroid dienone is 4. The van der Waals surface area contributed by atoms with E-state index in [-0.39, 0.29) is 0 Å². The van der Waals surface area contributed by atoms with Gasteiger partial charge < -0.3 is 4.74 Å². The summed E-state index contributed by atoms with van der Waals surface area (Å²) < 4.78 is 5.72. The van der Waals surface area contributed by atoms with Crippen molar-refractivity contribution in [2.75, 3.05) is 6.61 Å². The van der Waals surface area contributed by atoms with E-state index < -0.39 is 0 Å². The van der Waals surface area contributed by atoms with Crippen molar-refractivity contribution in [1.82, 2.24) is 0 Å². The summed E-state index contributed by atoms with van der Waals surface area (Å²) in [7, 11) is 0. The van der Waals surface area contributed by atoms with E-state index in [2.05, 4.69) is 57.7 Å². The highest BCUT2D eigenvalue weighted by Crippen LogP contribution is 2.16. The van der Waals surface area contributed by atoms with Crippen LogP contribution in [-0.2, 0) is 0 Å². The predicted octanol–water partition coefficient (Wildman–Crippen LogP) is 5.26. The van der Waals surface area contributed by atoms with Crippen molar-refractivity contribution in [2.24, 2.45) is 5.92 Å². The van der Waals surface area contributed by atoms with Gasteiger partial charge in [0.05, 0.1) is 6.61 Å². The van der Waals surface area contributed by atoms with E-state index in [0.29, 0.717) is 5.92 Å². The third kappa shape index (κ3) is 6.10. The molecule has 1 aromatic carbocycles. The summed E-state index contributed by atoms with van der Waals surface area (Å²) in [5.41, 5.74) is 2.29. The highest BCUT2D eigenvalue weighted by molar-refractivity contribution is 5.56. The molecule has 0 amide bonds. The first-order valence-electron chi connectivity index (χ1n) is 6.89. The molecule has 0 aliphatic carbocycles. The Morgan fingerprint density at radius 3 is 2.79 bits per heavy atom. The third-order valence-corrected chi connectivity index (χ3v) is 2.59. The van der Waals surface area contributed by atoms with E-state index in [1.165, 1.54) is 0 Å². The zero-order valence-electron chi connectivity index (χ0n) is 12.2. The van der Waals surface area contributed by atoms with Gasteiger partial charge in [-0.1, -0.05) is 63.8 Å². The Balaban J connectivity index is 2.73. The van der Waals surface area contributed by atoms with E-state index in [9.17, 15) is 0 Å². The molecule has 0 aliphatic heterocycles. The van der Waals surface area contributed by atoms with Crippen LogP contribution in [0.15, 0.2) is 54.6 Å². The van der Waals surface area contributed by atoms with E-state index in [1.54, 1.807) is 0 Å². The Labute approximate surface area is 117 Å². The van der Waals surface area contributed by atoms with Gasteiger partial charge in [-0.05, 0) is 35.6 Å². The summed E-state index contributed by atoms with van der Waals surface area (Å²) in [5, 5.41) is 0. The first kappa shape index (κ1) is 15.3. The molecular formula is C18H24O. The molecule has 0 saturated heterocycles. The zero-order valence-corrected chi connectivity index (χ0v) is 12.2. The van der Waals surface area contributed by atoms with E-state index >= 15 is 0 Å².